The second kappa shape index (κ2) is 2.34. The predicted molar refractivity (Wildman–Crippen MR) is 40.0 cm³/mol. The molecule has 0 aromatic rings. The summed E-state index contributed by atoms with van der Waals surface area (Å²) in [4.78, 5) is 11.1. The Morgan fingerprint density at radius 3 is 3.00 bits per heavy atom. The zero-order valence-electron chi connectivity index (χ0n) is 6.46. The van der Waals surface area contributed by atoms with Gasteiger partial charge in [-0.05, 0) is 12.8 Å². The zero-order valence-corrected chi connectivity index (χ0v) is 6.46. The van der Waals surface area contributed by atoms with Crippen molar-refractivity contribution in [3.63, 3.8) is 0 Å². The normalized spacial score (nSPS) is 33.7. The van der Waals surface area contributed by atoms with E-state index in [0.29, 0.717) is 6.04 Å². The maximum atomic E-state index is 11.1. The van der Waals surface area contributed by atoms with Crippen molar-refractivity contribution in [3.05, 3.63) is 11.6 Å². The summed E-state index contributed by atoms with van der Waals surface area (Å²) in [7, 11) is 1.42. The quantitative estimate of drug-likeness (QED) is 0.548. The van der Waals surface area contributed by atoms with Crippen molar-refractivity contribution in [2.24, 2.45) is 0 Å². The van der Waals surface area contributed by atoms with Gasteiger partial charge in [0, 0.05) is 12.1 Å². The van der Waals surface area contributed by atoms with E-state index < -0.39 is 0 Å². The smallest absolute Gasteiger partial charge is 0.335 e. The molecule has 2 aliphatic heterocycles. The van der Waals surface area contributed by atoms with Crippen LogP contribution in [0.1, 0.15) is 12.8 Å². The fourth-order valence-electron chi connectivity index (χ4n) is 1.68. The molecule has 11 heavy (non-hydrogen) atoms. The molecule has 3 rings (SSSR count). The predicted octanol–water partition coefficient (Wildman–Crippen LogP) is 0.220. The van der Waals surface area contributed by atoms with Crippen LogP contribution in [0.4, 0.5) is 0 Å². The van der Waals surface area contributed by atoms with Gasteiger partial charge in [-0.1, -0.05) is 6.08 Å². The third-order valence-electron chi connectivity index (χ3n) is 2.38. The van der Waals surface area contributed by atoms with E-state index in [2.05, 4.69) is 10.1 Å². The van der Waals surface area contributed by atoms with E-state index in [1.54, 1.807) is 0 Å². The number of hydrogen-bond donors (Lipinski definition) is 1. The van der Waals surface area contributed by atoms with Gasteiger partial charge in [-0.25, -0.2) is 4.79 Å². The highest BCUT2D eigenvalue weighted by atomic mass is 16.5. The molecule has 0 aromatic heterocycles. The fraction of sp³-hybridized carbons (Fsp3) is 0.625. The Balaban J connectivity index is 2.13. The molecular weight excluding hydrogens is 142 g/mol. The molecule has 1 saturated heterocycles. The van der Waals surface area contributed by atoms with E-state index in [-0.39, 0.29) is 12.0 Å². The van der Waals surface area contributed by atoms with Gasteiger partial charge >= 0.3 is 5.97 Å². The van der Waals surface area contributed by atoms with Crippen LogP contribution < -0.4 is 5.32 Å². The lowest BCUT2D eigenvalue weighted by atomic mass is 9.82. The molecule has 2 bridgehead atoms. The fourth-order valence-corrected chi connectivity index (χ4v) is 1.68. The highest BCUT2D eigenvalue weighted by Gasteiger charge is 2.37. The average Bonchev–Trinajstić information content (AvgIpc) is 2.02. The molecule has 2 heterocycles. The Bertz CT molecular complexity index is 216. The minimum Gasteiger partial charge on any atom is -0.466 e. The summed E-state index contributed by atoms with van der Waals surface area (Å²) in [6.07, 6.45) is 4.06. The molecule has 1 N–H and O–H groups in total. The Morgan fingerprint density at radius 1 is 1.82 bits per heavy atom. The van der Waals surface area contributed by atoms with Crippen molar-refractivity contribution in [3.8, 4) is 0 Å². The Labute approximate surface area is 65.4 Å². The number of esters is 1. The first-order chi connectivity index (χ1) is 5.31. The number of ether oxygens (including phenoxy) is 1. The van der Waals surface area contributed by atoms with Crippen molar-refractivity contribution in [1.29, 1.82) is 0 Å². The number of fused-ring (bicyclic) bond motifs is 1. The molecule has 60 valence electrons. The zero-order chi connectivity index (χ0) is 7.84. The summed E-state index contributed by atoms with van der Waals surface area (Å²) >= 11 is 0. The van der Waals surface area contributed by atoms with E-state index in [1.807, 2.05) is 6.08 Å². The molecule has 0 amide bonds. The molecule has 3 heteroatoms. The first-order valence-corrected chi connectivity index (χ1v) is 3.85. The Hall–Kier alpha value is -0.830. The van der Waals surface area contributed by atoms with Gasteiger partial charge in [0.25, 0.3) is 0 Å². The maximum absolute atomic E-state index is 11.1. The monoisotopic (exact) mass is 153 g/mol. The summed E-state index contributed by atoms with van der Waals surface area (Å²) in [5.41, 5.74) is 0.815. The average molecular weight is 153 g/mol. The standard InChI is InChI=1S/C8H11NO2/c1-11-8(10)6-3-2-5-4-7(6)9-5/h3,5,7,9H,2,4H2,1H3/t5-,7?/m0/s1. The lowest BCUT2D eigenvalue weighted by Crippen LogP contribution is -2.56. The first kappa shape index (κ1) is 6.85. The van der Waals surface area contributed by atoms with E-state index in [0.717, 1.165) is 18.4 Å². The highest BCUT2D eigenvalue weighted by Crippen LogP contribution is 2.28. The van der Waals surface area contributed by atoms with Gasteiger partial charge in [-0.2, -0.15) is 0 Å². The molecule has 0 saturated carbocycles. The van der Waals surface area contributed by atoms with Crippen LogP contribution in [0.15, 0.2) is 11.6 Å². The summed E-state index contributed by atoms with van der Waals surface area (Å²) in [5.74, 6) is -0.180. The second-order valence-corrected chi connectivity index (χ2v) is 3.04. The molecule has 0 aromatic carbocycles. The lowest BCUT2D eigenvalue weighted by molar-refractivity contribution is -0.137. The second-order valence-electron chi connectivity index (χ2n) is 3.04. The topological polar surface area (TPSA) is 38.3 Å². The number of nitrogens with one attached hydrogen (secondary N) is 1. The largest absolute Gasteiger partial charge is 0.466 e. The van der Waals surface area contributed by atoms with Gasteiger partial charge < -0.3 is 10.1 Å². The maximum Gasteiger partial charge on any atom is 0.335 e. The lowest BCUT2D eigenvalue weighted by Gasteiger charge is -2.41. The Kier molecular flexibility index (Phi) is 1.46. The molecule has 3 aliphatic rings. The van der Waals surface area contributed by atoms with Crippen LogP contribution in [0.25, 0.3) is 0 Å². The van der Waals surface area contributed by atoms with Gasteiger partial charge in [0.05, 0.1) is 12.7 Å². The van der Waals surface area contributed by atoms with Crippen LogP contribution >= 0.6 is 0 Å². The van der Waals surface area contributed by atoms with Crippen molar-refractivity contribution >= 4 is 5.97 Å². The molecule has 0 radical (unpaired) electrons. The molecule has 3 nitrogen and oxygen atoms in total. The van der Waals surface area contributed by atoms with E-state index >= 15 is 0 Å². The summed E-state index contributed by atoms with van der Waals surface area (Å²) < 4.78 is 4.64. The van der Waals surface area contributed by atoms with E-state index in [1.165, 1.54) is 7.11 Å². The van der Waals surface area contributed by atoms with Crippen LogP contribution in [0.5, 0.6) is 0 Å². The minimum atomic E-state index is -0.180. The van der Waals surface area contributed by atoms with Crippen LogP contribution in [-0.2, 0) is 9.53 Å². The SMILES string of the molecule is COC(=O)C1=CC[C@H]2CC1N2. The van der Waals surface area contributed by atoms with E-state index in [4.69, 9.17) is 0 Å². The van der Waals surface area contributed by atoms with Gasteiger partial charge in [-0.3, -0.25) is 0 Å². The number of methoxy groups -OCH3 is 1. The van der Waals surface area contributed by atoms with Gasteiger partial charge in [0.2, 0.25) is 0 Å². The third kappa shape index (κ3) is 0.959. The molecule has 1 aliphatic carbocycles. The molecule has 1 fully saturated rings. The number of rotatable bonds is 1. The molecular formula is C8H11NO2. The van der Waals surface area contributed by atoms with Crippen molar-refractivity contribution in [1.82, 2.24) is 5.32 Å². The van der Waals surface area contributed by atoms with Crippen molar-refractivity contribution in [2.75, 3.05) is 7.11 Å². The van der Waals surface area contributed by atoms with Crippen LogP contribution in [0.2, 0.25) is 0 Å². The third-order valence-corrected chi connectivity index (χ3v) is 2.38. The van der Waals surface area contributed by atoms with Crippen molar-refractivity contribution in [2.45, 2.75) is 24.9 Å². The van der Waals surface area contributed by atoms with Gasteiger partial charge in [0.15, 0.2) is 0 Å². The molecule has 0 spiro atoms. The molecule has 2 atom stereocenters. The van der Waals surface area contributed by atoms with Crippen LogP contribution in [-0.4, -0.2) is 25.2 Å². The van der Waals surface area contributed by atoms with E-state index in [9.17, 15) is 4.79 Å². The van der Waals surface area contributed by atoms with Gasteiger partial charge in [0.1, 0.15) is 0 Å². The summed E-state index contributed by atoms with van der Waals surface area (Å²) in [6, 6.07) is 0.898. The first-order valence-electron chi connectivity index (χ1n) is 3.85. The van der Waals surface area contributed by atoms with Crippen LogP contribution in [0, 0.1) is 0 Å². The minimum absolute atomic E-state index is 0.180. The highest BCUT2D eigenvalue weighted by molar-refractivity contribution is 5.90. The number of carbonyl (C=O) groups is 1. The molecule has 1 unspecified atom stereocenters. The van der Waals surface area contributed by atoms with Crippen LogP contribution in [0.3, 0.4) is 0 Å². The van der Waals surface area contributed by atoms with Gasteiger partial charge in [-0.15, -0.1) is 0 Å². The summed E-state index contributed by atoms with van der Waals surface area (Å²) in [6.45, 7) is 0. The number of carbonyl (C=O) groups excluding carboxylic acids is 1. The Morgan fingerprint density at radius 2 is 2.55 bits per heavy atom. The van der Waals surface area contributed by atoms with Crippen molar-refractivity contribution < 1.29 is 9.53 Å². The number of hydrogen-bond acceptors (Lipinski definition) is 3. The summed E-state index contributed by atoms with van der Waals surface area (Å²) in [5, 5.41) is 3.28.